The van der Waals surface area contributed by atoms with Crippen LogP contribution in [0.3, 0.4) is 0 Å². The summed E-state index contributed by atoms with van der Waals surface area (Å²) in [4.78, 5) is 0. The van der Waals surface area contributed by atoms with E-state index in [1.54, 1.807) is 0 Å². The van der Waals surface area contributed by atoms with Gasteiger partial charge in [-0.05, 0) is 66.2 Å². The molecule has 1 nitrogen and oxygen atoms in total. The Morgan fingerprint density at radius 1 is 0.302 bits per heavy atom. The highest BCUT2D eigenvalue weighted by molar-refractivity contribution is 6.23. The molecule has 0 amide bonds. The van der Waals surface area contributed by atoms with Gasteiger partial charge >= 0.3 is 0 Å². The molecule has 0 spiro atoms. The lowest BCUT2D eigenvalue weighted by atomic mass is 9.84. The molecule has 200 valence electrons. The monoisotopic (exact) mass is 546 g/mol. The molecule has 0 aliphatic rings. The zero-order chi connectivity index (χ0) is 28.3. The summed E-state index contributed by atoms with van der Waals surface area (Å²) >= 11 is 0. The van der Waals surface area contributed by atoms with Crippen LogP contribution in [0.15, 0.2) is 162 Å². The molecular formula is C42H26O. The fourth-order valence-corrected chi connectivity index (χ4v) is 6.96. The second-order valence-electron chi connectivity index (χ2n) is 11.2. The second-order valence-corrected chi connectivity index (χ2v) is 11.2. The van der Waals surface area contributed by atoms with E-state index in [4.69, 9.17) is 4.42 Å². The highest BCUT2D eigenvalue weighted by atomic mass is 16.3. The van der Waals surface area contributed by atoms with Crippen LogP contribution >= 0.6 is 0 Å². The first-order valence-electron chi connectivity index (χ1n) is 14.8. The van der Waals surface area contributed by atoms with Gasteiger partial charge in [-0.25, -0.2) is 0 Å². The summed E-state index contributed by atoms with van der Waals surface area (Å²) in [5.74, 6) is 0. The summed E-state index contributed by atoms with van der Waals surface area (Å²) in [6.07, 6.45) is 0. The van der Waals surface area contributed by atoms with E-state index in [9.17, 15) is 0 Å². The average molecular weight is 547 g/mol. The highest BCUT2D eigenvalue weighted by Crippen LogP contribution is 2.45. The molecule has 8 aromatic carbocycles. The first-order valence-corrected chi connectivity index (χ1v) is 14.8. The van der Waals surface area contributed by atoms with Crippen LogP contribution in [0, 0.1) is 0 Å². The van der Waals surface area contributed by atoms with Gasteiger partial charge in [-0.15, -0.1) is 0 Å². The van der Waals surface area contributed by atoms with Gasteiger partial charge in [0.25, 0.3) is 0 Å². The third kappa shape index (κ3) is 3.65. The Balaban J connectivity index is 1.27. The van der Waals surface area contributed by atoms with Gasteiger partial charge in [0.2, 0.25) is 0 Å². The Morgan fingerprint density at radius 3 is 1.51 bits per heavy atom. The number of rotatable bonds is 3. The molecule has 9 rings (SSSR count). The Morgan fingerprint density at radius 2 is 0.791 bits per heavy atom. The minimum Gasteiger partial charge on any atom is -0.455 e. The van der Waals surface area contributed by atoms with E-state index < -0.39 is 0 Å². The van der Waals surface area contributed by atoms with Crippen molar-refractivity contribution in [2.75, 3.05) is 0 Å². The van der Waals surface area contributed by atoms with Crippen LogP contribution in [-0.4, -0.2) is 0 Å². The predicted octanol–water partition coefficient (Wildman–Crippen LogP) is 12.0. The number of hydrogen-bond acceptors (Lipinski definition) is 1. The average Bonchev–Trinajstić information content (AvgIpc) is 3.46. The maximum atomic E-state index is 6.35. The van der Waals surface area contributed by atoms with Crippen molar-refractivity contribution in [3.05, 3.63) is 158 Å². The van der Waals surface area contributed by atoms with Crippen molar-refractivity contribution in [1.82, 2.24) is 0 Å². The molecule has 0 aliphatic heterocycles. The van der Waals surface area contributed by atoms with E-state index in [1.165, 1.54) is 54.6 Å². The van der Waals surface area contributed by atoms with Crippen LogP contribution in [0.25, 0.3) is 87.6 Å². The quantitative estimate of drug-likeness (QED) is 0.201. The van der Waals surface area contributed by atoms with Gasteiger partial charge in [0, 0.05) is 16.3 Å². The molecular weight excluding hydrogens is 520 g/mol. The van der Waals surface area contributed by atoms with Crippen molar-refractivity contribution in [2.45, 2.75) is 0 Å². The summed E-state index contributed by atoms with van der Waals surface area (Å²) < 4.78 is 6.35. The fourth-order valence-electron chi connectivity index (χ4n) is 6.96. The molecule has 9 aromatic rings. The van der Waals surface area contributed by atoms with Gasteiger partial charge in [-0.3, -0.25) is 0 Å². The summed E-state index contributed by atoms with van der Waals surface area (Å²) in [5, 5.41) is 9.89. The molecule has 0 saturated carbocycles. The van der Waals surface area contributed by atoms with Gasteiger partial charge in [-0.1, -0.05) is 152 Å². The topological polar surface area (TPSA) is 13.1 Å². The number of benzene rings is 8. The summed E-state index contributed by atoms with van der Waals surface area (Å²) in [6.45, 7) is 0. The Bertz CT molecular complexity index is 2430. The van der Waals surface area contributed by atoms with Crippen LogP contribution < -0.4 is 0 Å². The molecule has 0 atom stereocenters. The van der Waals surface area contributed by atoms with Crippen LogP contribution in [-0.2, 0) is 0 Å². The first-order chi connectivity index (χ1) is 21.3. The third-order valence-corrected chi connectivity index (χ3v) is 8.88. The van der Waals surface area contributed by atoms with Crippen LogP contribution in [0.4, 0.5) is 0 Å². The van der Waals surface area contributed by atoms with Gasteiger partial charge < -0.3 is 4.42 Å². The lowest BCUT2D eigenvalue weighted by molar-refractivity contribution is 0.670. The van der Waals surface area contributed by atoms with Gasteiger partial charge in [0.15, 0.2) is 0 Å². The summed E-state index contributed by atoms with van der Waals surface area (Å²) in [7, 11) is 0. The smallest absolute Gasteiger partial charge is 0.143 e. The molecule has 0 bridgehead atoms. The first kappa shape index (κ1) is 24.0. The Labute approximate surface area is 249 Å². The molecule has 1 aromatic heterocycles. The maximum absolute atomic E-state index is 6.35. The predicted molar refractivity (Wildman–Crippen MR) is 183 cm³/mol. The lowest BCUT2D eigenvalue weighted by Gasteiger charge is -2.19. The van der Waals surface area contributed by atoms with E-state index in [0.29, 0.717) is 0 Å². The van der Waals surface area contributed by atoms with Gasteiger partial charge in [-0.2, -0.15) is 0 Å². The number of hydrogen-bond donors (Lipinski definition) is 0. The molecule has 0 radical (unpaired) electrons. The Kier molecular flexibility index (Phi) is 5.27. The molecule has 0 saturated heterocycles. The normalized spacial score (nSPS) is 11.7. The van der Waals surface area contributed by atoms with Crippen molar-refractivity contribution in [3.8, 4) is 33.4 Å². The maximum Gasteiger partial charge on any atom is 0.143 e. The lowest BCUT2D eigenvalue weighted by Crippen LogP contribution is -1.91. The Hall–Kier alpha value is -5.66. The van der Waals surface area contributed by atoms with Crippen LogP contribution in [0.2, 0.25) is 0 Å². The standard InChI is InChI=1S/C42H26O/c1-2-13-30-27(11-1)12-9-20-33(30)41-36-17-5-3-15-34(36)40(35-16-4-6-18-37(35)41)29-25-23-28(24-26-29)31-19-10-21-38-32-14-7-8-22-39(32)43-42(31)38/h1-26H. The van der Waals surface area contributed by atoms with Gasteiger partial charge in [0.05, 0.1) is 0 Å². The summed E-state index contributed by atoms with van der Waals surface area (Å²) in [6, 6.07) is 56.8. The number of para-hydroxylation sites is 2. The minimum atomic E-state index is 0.922. The minimum absolute atomic E-state index is 0.922. The second kappa shape index (κ2) is 9.44. The van der Waals surface area contributed by atoms with E-state index >= 15 is 0 Å². The molecule has 0 fully saturated rings. The fraction of sp³-hybridized carbons (Fsp3) is 0. The molecule has 1 heteroatoms. The number of furan rings is 1. The zero-order valence-corrected chi connectivity index (χ0v) is 23.4. The number of fused-ring (bicyclic) bond motifs is 6. The van der Waals surface area contributed by atoms with Crippen molar-refractivity contribution < 1.29 is 4.42 Å². The van der Waals surface area contributed by atoms with Crippen molar-refractivity contribution in [3.63, 3.8) is 0 Å². The van der Waals surface area contributed by atoms with Crippen molar-refractivity contribution in [1.29, 1.82) is 0 Å². The van der Waals surface area contributed by atoms with E-state index in [2.05, 4.69) is 146 Å². The summed E-state index contributed by atoms with van der Waals surface area (Å²) in [5.41, 5.74) is 9.15. The van der Waals surface area contributed by atoms with Crippen molar-refractivity contribution >= 4 is 54.3 Å². The van der Waals surface area contributed by atoms with Crippen LogP contribution in [0.5, 0.6) is 0 Å². The third-order valence-electron chi connectivity index (χ3n) is 8.88. The molecule has 0 aliphatic carbocycles. The molecule has 0 N–H and O–H groups in total. The van der Waals surface area contributed by atoms with E-state index in [0.717, 1.165) is 33.1 Å². The van der Waals surface area contributed by atoms with Crippen molar-refractivity contribution in [2.24, 2.45) is 0 Å². The van der Waals surface area contributed by atoms with E-state index in [1.807, 2.05) is 12.1 Å². The zero-order valence-electron chi connectivity index (χ0n) is 23.4. The largest absolute Gasteiger partial charge is 0.455 e. The van der Waals surface area contributed by atoms with Crippen LogP contribution in [0.1, 0.15) is 0 Å². The van der Waals surface area contributed by atoms with Gasteiger partial charge in [0.1, 0.15) is 11.2 Å². The highest BCUT2D eigenvalue weighted by Gasteiger charge is 2.18. The molecule has 1 heterocycles. The molecule has 0 unspecified atom stereocenters. The molecule has 43 heavy (non-hydrogen) atoms. The van der Waals surface area contributed by atoms with E-state index in [-0.39, 0.29) is 0 Å². The SMILES string of the molecule is c1ccc2c(-c3c4ccccc4c(-c4ccc(-c5cccc6c5oc5ccccc56)cc4)c4ccccc34)cccc2c1.